The lowest BCUT2D eigenvalue weighted by molar-refractivity contribution is 0.0444. The summed E-state index contributed by atoms with van der Waals surface area (Å²) in [6.45, 7) is 3.59. The minimum Gasteiger partial charge on any atom is -0.300 e. The third-order valence-electron chi connectivity index (χ3n) is 2.57. The van der Waals surface area contributed by atoms with Crippen molar-refractivity contribution >= 4 is 13.1 Å². The van der Waals surface area contributed by atoms with Crippen LogP contribution >= 0.6 is 7.60 Å². The zero-order valence-corrected chi connectivity index (χ0v) is 10.7. The lowest BCUT2D eigenvalue weighted by Gasteiger charge is -2.30. The second-order valence-corrected chi connectivity index (χ2v) is 6.06. The fourth-order valence-corrected chi connectivity index (χ4v) is 3.71. The van der Waals surface area contributed by atoms with E-state index in [9.17, 15) is 9.36 Å². The van der Waals surface area contributed by atoms with Crippen LogP contribution in [0.1, 0.15) is 30.6 Å². The average Bonchev–Trinajstić information content (AvgIpc) is 2.27. The van der Waals surface area contributed by atoms with Crippen LogP contribution in [0, 0.1) is 0 Å². The molecule has 0 aliphatic carbocycles. The first kappa shape index (κ1) is 12.5. The SMILES string of the molecule is CC1CC(C)OP(=O)(C(=O)c2ccccc2)O1. The average molecular weight is 254 g/mol. The van der Waals surface area contributed by atoms with Crippen LogP contribution in [0.4, 0.5) is 0 Å². The van der Waals surface area contributed by atoms with Crippen LogP contribution in [-0.4, -0.2) is 17.7 Å². The molecular weight excluding hydrogens is 239 g/mol. The van der Waals surface area contributed by atoms with E-state index in [1.807, 2.05) is 0 Å². The van der Waals surface area contributed by atoms with Crippen molar-refractivity contribution in [2.45, 2.75) is 32.5 Å². The lowest BCUT2D eigenvalue weighted by atomic mass is 10.2. The molecule has 0 aromatic heterocycles. The standard InChI is InChI=1S/C12H15O4P/c1-9-8-10(2)16-17(14,15-9)12(13)11-6-4-3-5-7-11/h3-7,9-10H,8H2,1-2H3. The number of hydrogen-bond acceptors (Lipinski definition) is 4. The topological polar surface area (TPSA) is 52.6 Å². The molecule has 1 aromatic rings. The normalized spacial score (nSPS) is 33.3. The number of benzene rings is 1. The maximum atomic E-state index is 12.4. The summed E-state index contributed by atoms with van der Waals surface area (Å²) in [5, 5.41) is 0. The Hall–Kier alpha value is -0.960. The van der Waals surface area contributed by atoms with E-state index in [4.69, 9.17) is 9.05 Å². The first-order valence-electron chi connectivity index (χ1n) is 5.58. The highest BCUT2D eigenvalue weighted by atomic mass is 31.2. The Bertz CT molecular complexity index is 443. The number of hydrogen-bond donors (Lipinski definition) is 0. The molecule has 0 radical (unpaired) electrons. The monoisotopic (exact) mass is 254 g/mol. The van der Waals surface area contributed by atoms with E-state index >= 15 is 0 Å². The molecular formula is C12H15O4P. The third kappa shape index (κ3) is 2.65. The van der Waals surface area contributed by atoms with Gasteiger partial charge >= 0.3 is 7.60 Å². The van der Waals surface area contributed by atoms with E-state index in [1.165, 1.54) is 0 Å². The smallest absolute Gasteiger partial charge is 0.300 e. The predicted octanol–water partition coefficient (Wildman–Crippen LogP) is 3.23. The minimum absolute atomic E-state index is 0.225. The van der Waals surface area contributed by atoms with E-state index < -0.39 is 13.1 Å². The molecule has 5 heteroatoms. The summed E-state index contributed by atoms with van der Waals surface area (Å²) in [7, 11) is -3.68. The van der Waals surface area contributed by atoms with Crippen molar-refractivity contribution < 1.29 is 18.4 Å². The molecule has 0 saturated carbocycles. The Morgan fingerprint density at radius 3 is 2.24 bits per heavy atom. The van der Waals surface area contributed by atoms with Gasteiger partial charge in [0, 0.05) is 12.0 Å². The summed E-state index contributed by atoms with van der Waals surface area (Å²) in [6.07, 6.45) is 0.195. The molecule has 0 bridgehead atoms. The summed E-state index contributed by atoms with van der Waals surface area (Å²) >= 11 is 0. The van der Waals surface area contributed by atoms with E-state index in [0.717, 1.165) is 0 Å². The Morgan fingerprint density at radius 2 is 1.71 bits per heavy atom. The molecule has 0 N–H and O–H groups in total. The Labute approximate surface area is 100 Å². The quantitative estimate of drug-likeness (QED) is 0.760. The predicted molar refractivity (Wildman–Crippen MR) is 64.1 cm³/mol. The molecule has 1 fully saturated rings. The van der Waals surface area contributed by atoms with Crippen molar-refractivity contribution in [3.63, 3.8) is 0 Å². The van der Waals surface area contributed by atoms with Crippen LogP contribution in [0.2, 0.25) is 0 Å². The van der Waals surface area contributed by atoms with E-state index in [2.05, 4.69) is 0 Å². The Balaban J connectivity index is 2.27. The number of carbonyl (C=O) groups excluding carboxylic acids is 1. The van der Waals surface area contributed by atoms with Gasteiger partial charge < -0.3 is 0 Å². The van der Waals surface area contributed by atoms with Crippen LogP contribution in [-0.2, 0) is 13.6 Å². The summed E-state index contributed by atoms with van der Waals surface area (Å²) in [4.78, 5) is 12.1. The van der Waals surface area contributed by atoms with Crippen molar-refractivity contribution in [2.75, 3.05) is 0 Å². The van der Waals surface area contributed by atoms with Gasteiger partial charge in [-0.05, 0) is 13.8 Å². The zero-order valence-electron chi connectivity index (χ0n) is 9.83. The van der Waals surface area contributed by atoms with Crippen LogP contribution < -0.4 is 0 Å². The number of carbonyl (C=O) groups is 1. The fourth-order valence-electron chi connectivity index (χ4n) is 1.89. The second kappa shape index (κ2) is 4.73. The molecule has 1 heterocycles. The van der Waals surface area contributed by atoms with E-state index in [-0.39, 0.29) is 12.2 Å². The summed E-state index contributed by atoms with van der Waals surface area (Å²) in [5.41, 5.74) is -0.200. The van der Waals surface area contributed by atoms with E-state index in [0.29, 0.717) is 12.0 Å². The highest BCUT2D eigenvalue weighted by Crippen LogP contribution is 2.56. The summed E-state index contributed by atoms with van der Waals surface area (Å²) in [6, 6.07) is 8.45. The molecule has 17 heavy (non-hydrogen) atoms. The Kier molecular flexibility index (Phi) is 3.48. The molecule has 1 aliphatic rings. The summed E-state index contributed by atoms with van der Waals surface area (Å²) < 4.78 is 22.8. The second-order valence-electron chi connectivity index (χ2n) is 4.24. The number of rotatable bonds is 2. The van der Waals surface area contributed by atoms with Crippen molar-refractivity contribution in [3.05, 3.63) is 35.9 Å². The third-order valence-corrected chi connectivity index (χ3v) is 4.60. The lowest BCUT2D eigenvalue weighted by Crippen LogP contribution is -2.26. The maximum Gasteiger partial charge on any atom is 0.402 e. The van der Waals surface area contributed by atoms with Gasteiger partial charge in [0.05, 0.1) is 12.2 Å². The van der Waals surface area contributed by atoms with Gasteiger partial charge in [0.1, 0.15) is 0 Å². The molecule has 0 spiro atoms. The van der Waals surface area contributed by atoms with Gasteiger partial charge in [0.25, 0.3) is 5.52 Å². The van der Waals surface area contributed by atoms with Crippen LogP contribution in [0.25, 0.3) is 0 Å². The van der Waals surface area contributed by atoms with Gasteiger partial charge in [0.2, 0.25) is 0 Å². The molecule has 1 aromatic carbocycles. The van der Waals surface area contributed by atoms with Crippen molar-refractivity contribution in [1.29, 1.82) is 0 Å². The van der Waals surface area contributed by atoms with Crippen LogP contribution in [0.5, 0.6) is 0 Å². The molecule has 92 valence electrons. The van der Waals surface area contributed by atoms with Crippen molar-refractivity contribution in [2.24, 2.45) is 0 Å². The molecule has 2 unspecified atom stereocenters. The highest BCUT2D eigenvalue weighted by molar-refractivity contribution is 7.72. The van der Waals surface area contributed by atoms with Crippen LogP contribution in [0.15, 0.2) is 30.3 Å². The Morgan fingerprint density at radius 1 is 1.18 bits per heavy atom. The summed E-state index contributed by atoms with van der Waals surface area (Å²) in [5.74, 6) is 0. The fraction of sp³-hybridized carbons (Fsp3) is 0.417. The first-order valence-corrected chi connectivity index (χ1v) is 7.12. The molecule has 2 atom stereocenters. The molecule has 1 saturated heterocycles. The zero-order chi connectivity index (χ0) is 12.5. The van der Waals surface area contributed by atoms with E-state index in [1.54, 1.807) is 44.2 Å². The molecule has 4 nitrogen and oxygen atoms in total. The van der Waals surface area contributed by atoms with Gasteiger partial charge in [-0.15, -0.1) is 0 Å². The highest BCUT2D eigenvalue weighted by Gasteiger charge is 2.42. The molecule has 0 amide bonds. The van der Waals surface area contributed by atoms with Gasteiger partial charge in [-0.3, -0.25) is 18.4 Å². The van der Waals surface area contributed by atoms with Gasteiger partial charge in [0.15, 0.2) is 0 Å². The largest absolute Gasteiger partial charge is 0.402 e. The van der Waals surface area contributed by atoms with Gasteiger partial charge in [-0.2, -0.15) is 0 Å². The molecule has 2 rings (SSSR count). The van der Waals surface area contributed by atoms with Gasteiger partial charge in [-0.25, -0.2) is 0 Å². The maximum absolute atomic E-state index is 12.4. The molecule has 1 aliphatic heterocycles. The first-order chi connectivity index (χ1) is 8.01. The minimum atomic E-state index is -3.68. The van der Waals surface area contributed by atoms with Crippen LogP contribution in [0.3, 0.4) is 0 Å². The van der Waals surface area contributed by atoms with Crippen molar-refractivity contribution in [3.8, 4) is 0 Å². The van der Waals surface area contributed by atoms with Gasteiger partial charge in [-0.1, -0.05) is 30.3 Å². The van der Waals surface area contributed by atoms with Crippen molar-refractivity contribution in [1.82, 2.24) is 0 Å².